The first kappa shape index (κ1) is 16.7. The normalized spacial score (nSPS) is 13.5. The minimum absolute atomic E-state index is 0.0442. The fourth-order valence-corrected chi connectivity index (χ4v) is 2.88. The van der Waals surface area contributed by atoms with E-state index >= 15 is 0 Å². The molecular formula is C15H21N3O3S. The summed E-state index contributed by atoms with van der Waals surface area (Å²) in [7, 11) is -3.73. The van der Waals surface area contributed by atoms with Crippen LogP contribution in [0.25, 0.3) is 0 Å². The van der Waals surface area contributed by atoms with Crippen LogP contribution in [0, 0.1) is 6.92 Å². The lowest BCUT2D eigenvalue weighted by Gasteiger charge is -2.12. The van der Waals surface area contributed by atoms with Gasteiger partial charge in [0.05, 0.1) is 12.4 Å². The molecule has 0 bridgehead atoms. The lowest BCUT2D eigenvalue weighted by molar-refractivity contribution is 0.182. The number of nitrogens with one attached hydrogen (secondary N) is 1. The van der Waals surface area contributed by atoms with E-state index in [1.54, 1.807) is 16.7 Å². The minimum Gasteiger partial charge on any atom is -0.387 e. The highest BCUT2D eigenvalue weighted by Gasteiger charge is 2.19. The molecule has 2 aromatic rings. The topological polar surface area (TPSA) is 84.2 Å². The molecule has 6 nitrogen and oxygen atoms in total. The van der Waals surface area contributed by atoms with Gasteiger partial charge in [0.15, 0.2) is 5.03 Å². The number of rotatable bonds is 6. The summed E-state index contributed by atoms with van der Waals surface area (Å²) >= 11 is 0. The fraction of sp³-hybridized carbons (Fsp3) is 0.400. The van der Waals surface area contributed by atoms with Gasteiger partial charge in [-0.15, -0.1) is 0 Å². The van der Waals surface area contributed by atoms with E-state index < -0.39 is 16.1 Å². The van der Waals surface area contributed by atoms with E-state index in [0.717, 1.165) is 5.56 Å². The molecule has 0 saturated heterocycles. The number of sulfonamides is 1. The van der Waals surface area contributed by atoms with Crippen molar-refractivity contribution in [2.24, 2.45) is 0 Å². The van der Waals surface area contributed by atoms with Crippen LogP contribution in [0.3, 0.4) is 0 Å². The lowest BCUT2D eigenvalue weighted by atomic mass is 10.1. The second-order valence-corrected chi connectivity index (χ2v) is 7.25. The van der Waals surface area contributed by atoms with E-state index in [4.69, 9.17) is 0 Å². The van der Waals surface area contributed by atoms with E-state index in [-0.39, 0.29) is 17.6 Å². The quantitative estimate of drug-likeness (QED) is 0.849. The van der Waals surface area contributed by atoms with E-state index in [1.165, 1.54) is 12.5 Å². The zero-order valence-electron chi connectivity index (χ0n) is 12.9. The third-order valence-electron chi connectivity index (χ3n) is 3.38. The van der Waals surface area contributed by atoms with Crippen LogP contribution in [-0.2, 0) is 10.0 Å². The molecule has 2 rings (SSSR count). The van der Waals surface area contributed by atoms with Gasteiger partial charge in [-0.05, 0) is 26.3 Å². The van der Waals surface area contributed by atoms with Crippen molar-refractivity contribution in [2.45, 2.75) is 37.9 Å². The highest BCUT2D eigenvalue weighted by Crippen LogP contribution is 2.14. The summed E-state index contributed by atoms with van der Waals surface area (Å²) in [5.41, 5.74) is 1.75. The lowest BCUT2D eigenvalue weighted by Crippen LogP contribution is -2.28. The molecule has 1 aromatic carbocycles. The molecule has 0 aliphatic carbocycles. The van der Waals surface area contributed by atoms with Crippen molar-refractivity contribution in [3.63, 3.8) is 0 Å². The molecule has 0 radical (unpaired) electrons. The van der Waals surface area contributed by atoms with Gasteiger partial charge in [-0.1, -0.05) is 29.8 Å². The van der Waals surface area contributed by atoms with E-state index in [9.17, 15) is 13.5 Å². The largest absolute Gasteiger partial charge is 0.387 e. The Morgan fingerprint density at radius 2 is 1.91 bits per heavy atom. The number of hydrogen-bond acceptors (Lipinski definition) is 4. The van der Waals surface area contributed by atoms with Crippen LogP contribution in [0.1, 0.15) is 37.1 Å². The molecule has 7 heteroatoms. The van der Waals surface area contributed by atoms with Gasteiger partial charge in [0.1, 0.15) is 0 Å². The first-order valence-electron chi connectivity index (χ1n) is 7.07. The van der Waals surface area contributed by atoms with Crippen molar-refractivity contribution in [1.82, 2.24) is 14.3 Å². The summed E-state index contributed by atoms with van der Waals surface area (Å²) in [6.45, 7) is 5.73. The summed E-state index contributed by atoms with van der Waals surface area (Å²) in [6.07, 6.45) is 2.06. The molecule has 22 heavy (non-hydrogen) atoms. The molecule has 1 heterocycles. The van der Waals surface area contributed by atoms with Gasteiger partial charge in [-0.2, -0.15) is 0 Å². The predicted octanol–water partition coefficient (Wildman–Crippen LogP) is 1.78. The monoisotopic (exact) mass is 323 g/mol. The molecule has 2 N–H and O–H groups in total. The maximum absolute atomic E-state index is 12.2. The minimum atomic E-state index is -3.73. The SMILES string of the molecule is Cc1ccc(C(O)CNS(=O)(=O)c2cn(C(C)C)cn2)cc1. The van der Waals surface area contributed by atoms with Crippen LogP contribution in [0.5, 0.6) is 0 Å². The number of nitrogens with zero attached hydrogens (tertiary/aromatic N) is 2. The van der Waals surface area contributed by atoms with Gasteiger partial charge in [0.2, 0.25) is 0 Å². The van der Waals surface area contributed by atoms with Crippen molar-refractivity contribution in [3.05, 3.63) is 47.9 Å². The Morgan fingerprint density at radius 1 is 1.27 bits per heavy atom. The zero-order chi connectivity index (χ0) is 16.3. The second kappa shape index (κ2) is 6.60. The Hall–Kier alpha value is -1.70. The highest BCUT2D eigenvalue weighted by atomic mass is 32.2. The Morgan fingerprint density at radius 3 is 2.45 bits per heavy atom. The van der Waals surface area contributed by atoms with Crippen molar-refractivity contribution in [3.8, 4) is 0 Å². The molecule has 1 aromatic heterocycles. The Balaban J connectivity index is 2.04. The van der Waals surface area contributed by atoms with Crippen LogP contribution >= 0.6 is 0 Å². The summed E-state index contributed by atoms with van der Waals surface area (Å²) < 4.78 is 28.4. The van der Waals surface area contributed by atoms with Crippen molar-refractivity contribution >= 4 is 10.0 Å². The van der Waals surface area contributed by atoms with E-state index in [1.807, 2.05) is 32.9 Å². The summed E-state index contributed by atoms with van der Waals surface area (Å²) in [6, 6.07) is 7.44. The number of aromatic nitrogens is 2. The van der Waals surface area contributed by atoms with Crippen molar-refractivity contribution in [1.29, 1.82) is 0 Å². The van der Waals surface area contributed by atoms with Crippen LogP contribution in [0.15, 0.2) is 41.8 Å². The molecule has 1 atom stereocenters. The van der Waals surface area contributed by atoms with Gasteiger partial charge in [-0.3, -0.25) is 0 Å². The number of imidazole rings is 1. The van der Waals surface area contributed by atoms with E-state index in [0.29, 0.717) is 5.56 Å². The van der Waals surface area contributed by atoms with Gasteiger partial charge < -0.3 is 9.67 Å². The standard InChI is InChI=1S/C15H21N3O3S/c1-11(2)18-9-15(16-10-18)22(20,21)17-8-14(19)13-6-4-12(3)5-7-13/h4-7,9-11,14,17,19H,8H2,1-3H3. The maximum Gasteiger partial charge on any atom is 0.259 e. The van der Waals surface area contributed by atoms with E-state index in [2.05, 4.69) is 9.71 Å². The summed E-state index contributed by atoms with van der Waals surface area (Å²) in [4.78, 5) is 3.90. The van der Waals surface area contributed by atoms with Crippen LogP contribution in [-0.4, -0.2) is 29.6 Å². The third kappa shape index (κ3) is 3.94. The number of hydrogen-bond donors (Lipinski definition) is 2. The molecule has 120 valence electrons. The molecule has 0 spiro atoms. The average molecular weight is 323 g/mol. The fourth-order valence-electron chi connectivity index (χ4n) is 1.91. The molecule has 1 unspecified atom stereocenters. The van der Waals surface area contributed by atoms with Crippen molar-refractivity contribution in [2.75, 3.05) is 6.54 Å². The van der Waals surface area contributed by atoms with Crippen LogP contribution < -0.4 is 4.72 Å². The Kier molecular flexibility index (Phi) is 5.00. The molecule has 0 amide bonds. The summed E-state index contributed by atoms with van der Waals surface area (Å²) in [5.74, 6) is 0. The van der Waals surface area contributed by atoms with Crippen LogP contribution in [0.4, 0.5) is 0 Å². The van der Waals surface area contributed by atoms with Gasteiger partial charge in [-0.25, -0.2) is 18.1 Å². The Bertz CT molecular complexity index is 721. The van der Waals surface area contributed by atoms with Gasteiger partial charge >= 0.3 is 0 Å². The van der Waals surface area contributed by atoms with Crippen LogP contribution in [0.2, 0.25) is 0 Å². The predicted molar refractivity (Wildman–Crippen MR) is 83.9 cm³/mol. The van der Waals surface area contributed by atoms with Gasteiger partial charge in [0, 0.05) is 18.8 Å². The van der Waals surface area contributed by atoms with Crippen molar-refractivity contribution < 1.29 is 13.5 Å². The number of aliphatic hydroxyl groups excluding tert-OH is 1. The highest BCUT2D eigenvalue weighted by molar-refractivity contribution is 7.89. The zero-order valence-corrected chi connectivity index (χ0v) is 13.7. The number of aryl methyl sites for hydroxylation is 1. The first-order chi connectivity index (χ1) is 10.3. The number of benzene rings is 1. The second-order valence-electron chi connectivity index (χ2n) is 5.53. The molecule has 0 aliphatic rings. The maximum atomic E-state index is 12.2. The molecule has 0 aliphatic heterocycles. The smallest absolute Gasteiger partial charge is 0.259 e. The number of aliphatic hydroxyl groups is 1. The summed E-state index contributed by atoms with van der Waals surface area (Å²) in [5, 5.41) is 10.0. The average Bonchev–Trinajstić information content (AvgIpc) is 2.96. The molecule has 0 fully saturated rings. The molecule has 0 saturated carbocycles. The van der Waals surface area contributed by atoms with Gasteiger partial charge in [0.25, 0.3) is 10.0 Å². The third-order valence-corrected chi connectivity index (χ3v) is 4.69. The molecular weight excluding hydrogens is 302 g/mol. The Labute approximate surface area is 130 Å². The first-order valence-corrected chi connectivity index (χ1v) is 8.55.